The Kier molecular flexibility index (Phi) is 2.61. The molecule has 2 aliphatic rings. The van der Waals surface area contributed by atoms with Crippen molar-refractivity contribution < 1.29 is 13.2 Å². The fraction of sp³-hybridized carbons (Fsp3) is 0.455. The van der Waals surface area contributed by atoms with Gasteiger partial charge in [0.15, 0.2) is 0 Å². The summed E-state index contributed by atoms with van der Waals surface area (Å²) in [6.45, 7) is 0. The number of rotatable bonds is 0. The first-order chi connectivity index (χ1) is 8.07. The average Bonchev–Trinajstić information content (AvgIpc) is 2.72. The van der Waals surface area contributed by atoms with Crippen LogP contribution in [-0.2, 0) is 0 Å². The number of nitrogens with one attached hydrogen (secondary N) is 2. The van der Waals surface area contributed by atoms with E-state index in [4.69, 9.17) is 0 Å². The lowest BCUT2D eigenvalue weighted by molar-refractivity contribution is -0.160. The van der Waals surface area contributed by atoms with Gasteiger partial charge in [-0.1, -0.05) is 18.2 Å². The average molecular weight is 260 g/mol. The van der Waals surface area contributed by atoms with E-state index >= 15 is 0 Å². The molecule has 2 aliphatic heterocycles. The molecule has 3 unspecified atom stereocenters. The summed E-state index contributed by atoms with van der Waals surface area (Å²) in [5.41, 5.74) is 6.14. The lowest BCUT2D eigenvalue weighted by Crippen LogP contribution is -2.44. The molecule has 0 radical (unpaired) electrons. The van der Waals surface area contributed by atoms with Gasteiger partial charge < -0.3 is 0 Å². The fourth-order valence-corrected chi connectivity index (χ4v) is 3.76. The molecular formula is C11H11F3N2S. The number of hydrogen-bond donors (Lipinski definition) is 2. The summed E-state index contributed by atoms with van der Waals surface area (Å²) in [6.07, 6.45) is -4.20. The third-order valence-electron chi connectivity index (χ3n) is 3.29. The van der Waals surface area contributed by atoms with Gasteiger partial charge in [-0.25, -0.2) is 10.9 Å². The molecule has 6 heteroatoms. The van der Waals surface area contributed by atoms with Crippen LogP contribution in [0.3, 0.4) is 0 Å². The first-order valence-electron chi connectivity index (χ1n) is 5.37. The van der Waals surface area contributed by atoms with Gasteiger partial charge in [-0.3, -0.25) is 0 Å². The highest BCUT2D eigenvalue weighted by Gasteiger charge is 2.52. The standard InChI is InChI=1S/C11H11F3N2S/c12-11(13,14)10-7-5-17-8-4-2-1-3-6(8)9(7)15-16-10/h1-4,7,9-10,15-16H,5H2. The van der Waals surface area contributed by atoms with E-state index < -0.39 is 18.1 Å². The van der Waals surface area contributed by atoms with Crippen LogP contribution in [0.5, 0.6) is 0 Å². The summed E-state index contributed by atoms with van der Waals surface area (Å²) in [5, 5.41) is 0. The number of alkyl halides is 3. The maximum atomic E-state index is 12.8. The minimum absolute atomic E-state index is 0.237. The summed E-state index contributed by atoms with van der Waals surface area (Å²) >= 11 is 1.50. The smallest absolute Gasteiger partial charge is 0.249 e. The Hall–Kier alpha value is -0.720. The van der Waals surface area contributed by atoms with Gasteiger partial charge in [0, 0.05) is 16.6 Å². The number of halogens is 3. The molecule has 2 N–H and O–H groups in total. The Morgan fingerprint density at radius 3 is 2.71 bits per heavy atom. The number of hydrazine groups is 1. The van der Waals surface area contributed by atoms with Crippen LogP contribution in [0.25, 0.3) is 0 Å². The second-order valence-corrected chi connectivity index (χ2v) is 5.36. The molecule has 1 aromatic carbocycles. The maximum absolute atomic E-state index is 12.8. The first kappa shape index (κ1) is 11.4. The van der Waals surface area contributed by atoms with Crippen molar-refractivity contribution in [2.45, 2.75) is 23.2 Å². The molecule has 3 rings (SSSR count). The van der Waals surface area contributed by atoms with Gasteiger partial charge >= 0.3 is 6.18 Å². The van der Waals surface area contributed by atoms with Crippen molar-refractivity contribution in [3.05, 3.63) is 29.8 Å². The van der Waals surface area contributed by atoms with E-state index in [0.29, 0.717) is 5.75 Å². The number of thioether (sulfide) groups is 1. The Balaban J connectivity index is 1.94. The van der Waals surface area contributed by atoms with Crippen molar-refractivity contribution in [3.8, 4) is 0 Å². The highest BCUT2D eigenvalue weighted by molar-refractivity contribution is 7.99. The molecule has 0 bridgehead atoms. The zero-order valence-electron chi connectivity index (χ0n) is 8.79. The zero-order chi connectivity index (χ0) is 12.0. The van der Waals surface area contributed by atoms with E-state index in [1.807, 2.05) is 24.3 Å². The quantitative estimate of drug-likeness (QED) is 0.749. The molecule has 1 saturated heterocycles. The summed E-state index contributed by atoms with van der Waals surface area (Å²) in [6, 6.07) is 5.94. The van der Waals surface area contributed by atoms with Crippen molar-refractivity contribution in [1.82, 2.24) is 10.9 Å². The third kappa shape index (κ3) is 1.84. The van der Waals surface area contributed by atoms with Crippen LogP contribution in [0.15, 0.2) is 29.2 Å². The van der Waals surface area contributed by atoms with Gasteiger partial charge in [-0.05, 0) is 11.6 Å². The Labute approximate surface area is 101 Å². The second kappa shape index (κ2) is 3.90. The fourth-order valence-electron chi connectivity index (χ4n) is 2.47. The SMILES string of the molecule is FC(F)(F)C1NNC2c3ccccc3SCC21. The minimum Gasteiger partial charge on any atom is -0.249 e. The monoisotopic (exact) mass is 260 g/mol. The largest absolute Gasteiger partial charge is 0.405 e. The van der Waals surface area contributed by atoms with E-state index in [2.05, 4.69) is 10.9 Å². The van der Waals surface area contributed by atoms with Crippen LogP contribution in [-0.4, -0.2) is 18.0 Å². The molecule has 2 heterocycles. The second-order valence-electron chi connectivity index (χ2n) is 4.30. The summed E-state index contributed by atoms with van der Waals surface area (Å²) in [5.74, 6) is 0.0566. The normalized spacial score (nSPS) is 32.1. The van der Waals surface area contributed by atoms with Gasteiger partial charge in [0.05, 0.1) is 6.04 Å². The molecule has 1 aromatic rings. The van der Waals surface area contributed by atoms with Crippen molar-refractivity contribution in [2.75, 3.05) is 5.75 Å². The summed E-state index contributed by atoms with van der Waals surface area (Å²) in [7, 11) is 0. The van der Waals surface area contributed by atoms with Gasteiger partial charge in [0.2, 0.25) is 0 Å². The Morgan fingerprint density at radius 2 is 1.94 bits per heavy atom. The third-order valence-corrected chi connectivity index (χ3v) is 4.52. The molecule has 0 aromatic heterocycles. The Morgan fingerprint density at radius 1 is 1.18 bits per heavy atom. The van der Waals surface area contributed by atoms with Gasteiger partial charge in [0.25, 0.3) is 0 Å². The minimum atomic E-state index is -4.20. The van der Waals surface area contributed by atoms with Gasteiger partial charge in [-0.15, -0.1) is 11.8 Å². The molecule has 92 valence electrons. The number of hydrogen-bond acceptors (Lipinski definition) is 3. The predicted molar refractivity (Wildman–Crippen MR) is 59.5 cm³/mol. The number of benzene rings is 1. The van der Waals surface area contributed by atoms with Gasteiger partial charge in [-0.2, -0.15) is 13.2 Å². The van der Waals surface area contributed by atoms with E-state index in [0.717, 1.165) is 10.5 Å². The molecule has 2 nitrogen and oxygen atoms in total. The highest BCUT2D eigenvalue weighted by atomic mass is 32.2. The van der Waals surface area contributed by atoms with E-state index in [-0.39, 0.29) is 6.04 Å². The summed E-state index contributed by atoms with van der Waals surface area (Å²) < 4.78 is 38.4. The van der Waals surface area contributed by atoms with Crippen LogP contribution in [0, 0.1) is 5.92 Å². The van der Waals surface area contributed by atoms with Crippen LogP contribution in [0.2, 0.25) is 0 Å². The highest BCUT2D eigenvalue weighted by Crippen LogP contribution is 2.45. The van der Waals surface area contributed by atoms with Crippen molar-refractivity contribution >= 4 is 11.8 Å². The zero-order valence-corrected chi connectivity index (χ0v) is 9.61. The van der Waals surface area contributed by atoms with Gasteiger partial charge in [0.1, 0.15) is 6.04 Å². The molecule has 0 spiro atoms. The maximum Gasteiger partial charge on any atom is 0.405 e. The topological polar surface area (TPSA) is 24.1 Å². The molecule has 0 aliphatic carbocycles. The van der Waals surface area contributed by atoms with Crippen LogP contribution in [0.1, 0.15) is 11.6 Å². The van der Waals surface area contributed by atoms with Crippen molar-refractivity contribution in [1.29, 1.82) is 0 Å². The molecular weight excluding hydrogens is 249 g/mol. The molecule has 1 fully saturated rings. The first-order valence-corrected chi connectivity index (χ1v) is 6.35. The molecule has 0 amide bonds. The van der Waals surface area contributed by atoms with Crippen molar-refractivity contribution in [2.24, 2.45) is 5.92 Å². The Bertz CT molecular complexity index is 435. The van der Waals surface area contributed by atoms with Crippen molar-refractivity contribution in [3.63, 3.8) is 0 Å². The lowest BCUT2D eigenvalue weighted by Gasteiger charge is -2.29. The van der Waals surface area contributed by atoms with Crippen LogP contribution in [0.4, 0.5) is 13.2 Å². The van der Waals surface area contributed by atoms with E-state index in [1.165, 1.54) is 11.8 Å². The van der Waals surface area contributed by atoms with E-state index in [9.17, 15) is 13.2 Å². The lowest BCUT2D eigenvalue weighted by atomic mass is 9.90. The van der Waals surface area contributed by atoms with Crippen LogP contribution < -0.4 is 10.9 Å². The molecule has 3 atom stereocenters. The molecule has 0 saturated carbocycles. The number of fused-ring (bicyclic) bond motifs is 3. The predicted octanol–water partition coefficient (Wildman–Crippen LogP) is 2.49. The summed E-state index contributed by atoms with van der Waals surface area (Å²) in [4.78, 5) is 1.07. The van der Waals surface area contributed by atoms with E-state index in [1.54, 1.807) is 0 Å². The van der Waals surface area contributed by atoms with Crippen LogP contribution >= 0.6 is 11.8 Å². The molecule has 17 heavy (non-hydrogen) atoms.